The molecule has 1 N–H and O–H groups in total. The smallest absolute Gasteiger partial charge is 0.136 e. The van der Waals surface area contributed by atoms with E-state index in [1.165, 1.54) is 19.3 Å². The highest BCUT2D eigenvalue weighted by Crippen LogP contribution is 2.30. The van der Waals surface area contributed by atoms with Crippen molar-refractivity contribution in [2.45, 2.75) is 57.0 Å². The number of rotatable bonds is 5. The normalized spacial score (nSPS) is 33.7. The van der Waals surface area contributed by atoms with E-state index >= 15 is 0 Å². The van der Waals surface area contributed by atoms with Crippen molar-refractivity contribution in [3.05, 3.63) is 0 Å². The summed E-state index contributed by atoms with van der Waals surface area (Å²) in [6.07, 6.45) is 7.60. The maximum absolute atomic E-state index is 12.0. The van der Waals surface area contributed by atoms with Crippen LogP contribution in [0.15, 0.2) is 0 Å². The topological polar surface area (TPSA) is 38.3 Å². The fourth-order valence-corrected chi connectivity index (χ4v) is 3.12. The van der Waals surface area contributed by atoms with Gasteiger partial charge >= 0.3 is 0 Å². The van der Waals surface area contributed by atoms with Gasteiger partial charge in [-0.3, -0.25) is 4.79 Å². The molecule has 0 spiro atoms. The number of carbonyl (C=O) groups is 1. The highest BCUT2D eigenvalue weighted by Gasteiger charge is 2.33. The first-order chi connectivity index (χ1) is 7.79. The molecule has 2 fully saturated rings. The highest BCUT2D eigenvalue weighted by molar-refractivity contribution is 5.81. The van der Waals surface area contributed by atoms with Gasteiger partial charge in [0.15, 0.2) is 0 Å². The van der Waals surface area contributed by atoms with Crippen molar-refractivity contribution in [2.24, 2.45) is 5.92 Å². The number of carbonyl (C=O) groups excluding carboxylic acids is 1. The predicted molar refractivity (Wildman–Crippen MR) is 63.4 cm³/mol. The third kappa shape index (κ3) is 3.05. The summed E-state index contributed by atoms with van der Waals surface area (Å²) in [5, 5.41) is 3.63. The summed E-state index contributed by atoms with van der Waals surface area (Å²) in [6.45, 7) is 0.712. The fourth-order valence-electron chi connectivity index (χ4n) is 3.12. The van der Waals surface area contributed by atoms with Crippen LogP contribution in [-0.2, 0) is 9.53 Å². The maximum atomic E-state index is 12.0. The molecule has 3 nitrogen and oxygen atoms in total. The van der Waals surface area contributed by atoms with Crippen LogP contribution in [0.25, 0.3) is 0 Å². The minimum atomic E-state index is 0.327. The van der Waals surface area contributed by atoms with Crippen LogP contribution in [0, 0.1) is 5.92 Å². The summed E-state index contributed by atoms with van der Waals surface area (Å²) in [4.78, 5) is 12.0. The summed E-state index contributed by atoms with van der Waals surface area (Å²) in [7, 11) is 1.69. The van der Waals surface area contributed by atoms with E-state index in [9.17, 15) is 4.79 Å². The Hall–Kier alpha value is -0.410. The van der Waals surface area contributed by atoms with Crippen molar-refractivity contribution >= 4 is 5.78 Å². The van der Waals surface area contributed by atoms with E-state index in [1.54, 1.807) is 7.11 Å². The molecule has 92 valence electrons. The Morgan fingerprint density at radius 1 is 1.31 bits per heavy atom. The van der Waals surface area contributed by atoms with E-state index in [1.807, 2.05) is 0 Å². The minimum absolute atomic E-state index is 0.327. The zero-order chi connectivity index (χ0) is 11.4. The number of methoxy groups -OCH3 is 1. The van der Waals surface area contributed by atoms with Crippen molar-refractivity contribution in [3.8, 4) is 0 Å². The summed E-state index contributed by atoms with van der Waals surface area (Å²) in [5.74, 6) is 0.795. The standard InChI is InChI=1S/C13H23NO2/c1-16-7-3-6-13(15)10-8-11-4-2-5-12(9-10)14-11/h10-12,14H,2-9H2,1H3. The summed E-state index contributed by atoms with van der Waals surface area (Å²) >= 11 is 0. The van der Waals surface area contributed by atoms with E-state index in [2.05, 4.69) is 5.32 Å². The first-order valence-electron chi connectivity index (χ1n) is 6.57. The van der Waals surface area contributed by atoms with Crippen molar-refractivity contribution in [2.75, 3.05) is 13.7 Å². The third-order valence-electron chi connectivity index (χ3n) is 3.94. The second-order valence-electron chi connectivity index (χ2n) is 5.22. The molecule has 2 heterocycles. The van der Waals surface area contributed by atoms with Crippen LogP contribution in [-0.4, -0.2) is 31.6 Å². The lowest BCUT2D eigenvalue weighted by atomic mass is 9.78. The first-order valence-corrected chi connectivity index (χ1v) is 6.57. The van der Waals surface area contributed by atoms with Gasteiger partial charge in [-0.1, -0.05) is 6.42 Å². The second kappa shape index (κ2) is 5.78. The molecule has 2 rings (SSSR count). The quantitative estimate of drug-likeness (QED) is 0.726. The van der Waals surface area contributed by atoms with Gasteiger partial charge in [0, 0.05) is 38.1 Å². The molecule has 2 unspecified atom stereocenters. The van der Waals surface area contributed by atoms with Crippen LogP contribution >= 0.6 is 0 Å². The minimum Gasteiger partial charge on any atom is -0.385 e. The largest absolute Gasteiger partial charge is 0.385 e. The Morgan fingerprint density at radius 3 is 2.62 bits per heavy atom. The predicted octanol–water partition coefficient (Wildman–Crippen LogP) is 1.90. The van der Waals surface area contributed by atoms with Crippen LogP contribution in [0.3, 0.4) is 0 Å². The average molecular weight is 225 g/mol. The summed E-state index contributed by atoms with van der Waals surface area (Å²) in [6, 6.07) is 1.23. The lowest BCUT2D eigenvalue weighted by Crippen LogP contribution is -2.50. The van der Waals surface area contributed by atoms with Crippen molar-refractivity contribution < 1.29 is 9.53 Å². The highest BCUT2D eigenvalue weighted by atomic mass is 16.5. The van der Waals surface area contributed by atoms with Gasteiger partial charge in [-0.15, -0.1) is 0 Å². The molecule has 0 aromatic heterocycles. The van der Waals surface area contributed by atoms with E-state index in [0.717, 1.165) is 19.3 Å². The van der Waals surface area contributed by atoms with Gasteiger partial charge in [-0.2, -0.15) is 0 Å². The van der Waals surface area contributed by atoms with Crippen molar-refractivity contribution in [1.29, 1.82) is 0 Å². The van der Waals surface area contributed by atoms with E-state index in [4.69, 9.17) is 4.74 Å². The number of piperidine rings is 2. The molecular formula is C13H23NO2. The number of hydrogen-bond acceptors (Lipinski definition) is 3. The molecular weight excluding hydrogens is 202 g/mol. The van der Waals surface area contributed by atoms with E-state index < -0.39 is 0 Å². The molecule has 0 aliphatic carbocycles. The lowest BCUT2D eigenvalue weighted by molar-refractivity contribution is -0.125. The maximum Gasteiger partial charge on any atom is 0.136 e. The van der Waals surface area contributed by atoms with Crippen LogP contribution in [0.1, 0.15) is 44.9 Å². The number of Topliss-reactive ketones (excluding diaryl/α,β-unsaturated/α-hetero) is 1. The number of hydrogen-bond donors (Lipinski definition) is 1. The van der Waals surface area contributed by atoms with Crippen LogP contribution in [0.4, 0.5) is 0 Å². The Bertz CT molecular complexity index is 230. The third-order valence-corrected chi connectivity index (χ3v) is 3.94. The number of ether oxygens (including phenoxy) is 1. The molecule has 3 heteroatoms. The van der Waals surface area contributed by atoms with Gasteiger partial charge in [-0.05, 0) is 32.1 Å². The van der Waals surface area contributed by atoms with Gasteiger partial charge in [0.05, 0.1) is 0 Å². The van der Waals surface area contributed by atoms with Crippen molar-refractivity contribution in [3.63, 3.8) is 0 Å². The molecule has 0 radical (unpaired) electrons. The van der Waals surface area contributed by atoms with E-state index in [0.29, 0.717) is 36.8 Å². The Labute approximate surface area is 97.9 Å². The van der Waals surface area contributed by atoms with Gasteiger partial charge in [0.1, 0.15) is 5.78 Å². The van der Waals surface area contributed by atoms with Gasteiger partial charge in [0.2, 0.25) is 0 Å². The molecule has 2 atom stereocenters. The van der Waals surface area contributed by atoms with Gasteiger partial charge in [0.25, 0.3) is 0 Å². The zero-order valence-electron chi connectivity index (χ0n) is 10.2. The Balaban J connectivity index is 1.78. The van der Waals surface area contributed by atoms with Crippen LogP contribution in [0.2, 0.25) is 0 Å². The van der Waals surface area contributed by atoms with Gasteiger partial charge in [-0.25, -0.2) is 0 Å². The fraction of sp³-hybridized carbons (Fsp3) is 0.923. The van der Waals surface area contributed by atoms with Gasteiger partial charge < -0.3 is 10.1 Å². The lowest BCUT2D eigenvalue weighted by Gasteiger charge is -2.39. The first kappa shape index (κ1) is 12.1. The van der Waals surface area contributed by atoms with Crippen LogP contribution < -0.4 is 5.32 Å². The number of fused-ring (bicyclic) bond motifs is 2. The summed E-state index contributed by atoms with van der Waals surface area (Å²) < 4.78 is 4.99. The Morgan fingerprint density at radius 2 is 2.00 bits per heavy atom. The molecule has 0 aromatic carbocycles. The molecule has 2 aliphatic heterocycles. The van der Waals surface area contributed by atoms with E-state index in [-0.39, 0.29) is 0 Å². The molecule has 2 bridgehead atoms. The molecule has 16 heavy (non-hydrogen) atoms. The molecule has 2 aliphatic rings. The molecule has 0 saturated carbocycles. The molecule has 2 saturated heterocycles. The van der Waals surface area contributed by atoms with Crippen LogP contribution in [0.5, 0.6) is 0 Å². The molecule has 0 aromatic rings. The number of ketones is 1. The zero-order valence-corrected chi connectivity index (χ0v) is 10.2. The van der Waals surface area contributed by atoms with Crippen molar-refractivity contribution in [1.82, 2.24) is 5.32 Å². The summed E-state index contributed by atoms with van der Waals surface area (Å²) in [5.41, 5.74) is 0. The number of nitrogens with one attached hydrogen (secondary N) is 1. The Kier molecular flexibility index (Phi) is 4.36. The average Bonchev–Trinajstić information content (AvgIpc) is 2.28. The second-order valence-corrected chi connectivity index (χ2v) is 5.22. The monoisotopic (exact) mass is 225 g/mol. The molecule has 0 amide bonds. The SMILES string of the molecule is COCCCC(=O)C1CC2CCCC(C1)N2.